The molecule has 210 valence electrons. The van der Waals surface area contributed by atoms with Crippen molar-refractivity contribution in [2.45, 2.75) is 6.54 Å². The fraction of sp³-hybridized carbons (Fsp3) is 0.333. The molecule has 7 rings (SSSR count). The molecular formula is C33H33FN4O2S. The topological polar surface area (TPSA) is 48.9 Å². The summed E-state index contributed by atoms with van der Waals surface area (Å²) in [7, 11) is 0. The first-order chi connectivity index (χ1) is 20.1. The van der Waals surface area contributed by atoms with Crippen molar-refractivity contribution in [1.82, 2.24) is 9.88 Å². The van der Waals surface area contributed by atoms with Crippen molar-refractivity contribution in [3.63, 3.8) is 0 Å². The Bertz CT molecular complexity index is 1480. The Morgan fingerprint density at radius 1 is 1.00 bits per heavy atom. The average Bonchev–Trinajstić information content (AvgIpc) is 3.37. The van der Waals surface area contributed by atoms with Crippen LogP contribution in [0.2, 0.25) is 0 Å². The van der Waals surface area contributed by atoms with Crippen molar-refractivity contribution in [1.29, 1.82) is 0 Å². The van der Waals surface area contributed by atoms with E-state index in [1.54, 1.807) is 0 Å². The van der Waals surface area contributed by atoms with Gasteiger partial charge in [0.2, 0.25) is 0 Å². The number of hydrogen-bond acceptors (Lipinski definition) is 6. The summed E-state index contributed by atoms with van der Waals surface area (Å²) in [6, 6.07) is 23.7. The molecule has 1 amide bonds. The van der Waals surface area contributed by atoms with E-state index in [0.29, 0.717) is 66.9 Å². The first-order valence-corrected chi connectivity index (χ1v) is 15.2. The van der Waals surface area contributed by atoms with Gasteiger partial charge in [-0.25, -0.2) is 4.39 Å². The zero-order valence-electron chi connectivity index (χ0n) is 22.9. The van der Waals surface area contributed by atoms with Crippen LogP contribution in [0.1, 0.15) is 15.2 Å². The van der Waals surface area contributed by atoms with Gasteiger partial charge < -0.3 is 14.5 Å². The Labute approximate surface area is 244 Å². The van der Waals surface area contributed by atoms with Crippen LogP contribution in [-0.4, -0.2) is 61.7 Å². The van der Waals surface area contributed by atoms with Crippen LogP contribution in [0.5, 0.6) is 0 Å². The number of halogens is 1. The van der Waals surface area contributed by atoms with E-state index < -0.39 is 0 Å². The number of pyridine rings is 1. The van der Waals surface area contributed by atoms with Crippen molar-refractivity contribution in [2.24, 2.45) is 17.8 Å². The van der Waals surface area contributed by atoms with Gasteiger partial charge in [0.1, 0.15) is 5.82 Å². The zero-order chi connectivity index (χ0) is 27.8. The highest BCUT2D eigenvalue weighted by Crippen LogP contribution is 2.52. The molecule has 2 atom stereocenters. The van der Waals surface area contributed by atoms with Gasteiger partial charge in [0.15, 0.2) is 0 Å². The summed E-state index contributed by atoms with van der Waals surface area (Å²) in [5, 5.41) is 1.92. The molecule has 0 bridgehead atoms. The number of benzene rings is 2. The van der Waals surface area contributed by atoms with Crippen molar-refractivity contribution >= 4 is 28.6 Å². The van der Waals surface area contributed by atoms with Crippen LogP contribution in [0.3, 0.4) is 0 Å². The Hall–Kier alpha value is -3.59. The molecule has 2 aromatic heterocycles. The highest BCUT2D eigenvalue weighted by Gasteiger charge is 2.56. The van der Waals surface area contributed by atoms with E-state index in [0.717, 1.165) is 30.9 Å². The van der Waals surface area contributed by atoms with Crippen LogP contribution in [0.4, 0.5) is 15.8 Å². The number of ether oxygens (including phenoxy) is 1. The zero-order valence-corrected chi connectivity index (χ0v) is 23.7. The van der Waals surface area contributed by atoms with E-state index in [1.807, 2.05) is 63.8 Å². The van der Waals surface area contributed by atoms with Gasteiger partial charge in [0.05, 0.1) is 29.5 Å². The van der Waals surface area contributed by atoms with Crippen LogP contribution in [-0.2, 0) is 11.3 Å². The minimum atomic E-state index is -0.287. The molecule has 3 aliphatic rings. The quantitative estimate of drug-likeness (QED) is 0.269. The molecule has 3 fully saturated rings. The number of anilines is 2. The fourth-order valence-electron chi connectivity index (χ4n) is 6.48. The van der Waals surface area contributed by atoms with Crippen LogP contribution >= 0.6 is 11.3 Å². The standard InChI is InChI=1S/C33H33FN4O2S/c34-29-18-25(10-11-31(29)37-13-15-40-16-14-37)38(33(39)32-5-3-17-41-32)22-28-26-20-36(21-27(26)28)19-23-6-8-24(9-7-23)30-4-1-2-12-35-30/h1-12,17-18,26-28H,13-16,19-22H2. The number of rotatable bonds is 8. The van der Waals surface area contributed by atoms with Crippen molar-refractivity contribution in [3.05, 3.63) is 101 Å². The molecule has 2 unspecified atom stereocenters. The maximum Gasteiger partial charge on any atom is 0.268 e. The third-order valence-electron chi connectivity index (χ3n) is 8.73. The summed E-state index contributed by atoms with van der Waals surface area (Å²) >= 11 is 1.43. The monoisotopic (exact) mass is 568 g/mol. The summed E-state index contributed by atoms with van der Waals surface area (Å²) in [6.07, 6.45) is 1.82. The maximum absolute atomic E-state index is 15.3. The van der Waals surface area contributed by atoms with E-state index in [-0.39, 0.29) is 11.7 Å². The third-order valence-corrected chi connectivity index (χ3v) is 9.59. The molecule has 0 spiro atoms. The second kappa shape index (κ2) is 11.4. The van der Waals surface area contributed by atoms with Gasteiger partial charge in [0.25, 0.3) is 5.91 Å². The number of likely N-dealkylation sites (tertiary alicyclic amines) is 1. The lowest BCUT2D eigenvalue weighted by molar-refractivity contribution is 0.0988. The lowest BCUT2D eigenvalue weighted by Crippen LogP contribution is -2.37. The average molecular weight is 569 g/mol. The highest BCUT2D eigenvalue weighted by molar-refractivity contribution is 7.12. The molecule has 1 aliphatic carbocycles. The van der Waals surface area contributed by atoms with Crippen LogP contribution < -0.4 is 9.80 Å². The number of carbonyl (C=O) groups excluding carboxylic acids is 1. The number of amides is 1. The molecule has 41 heavy (non-hydrogen) atoms. The van der Waals surface area contributed by atoms with E-state index in [4.69, 9.17) is 4.74 Å². The van der Waals surface area contributed by atoms with Gasteiger partial charge in [-0.1, -0.05) is 36.4 Å². The second-order valence-corrected chi connectivity index (χ2v) is 12.2. The van der Waals surface area contributed by atoms with Gasteiger partial charge in [-0.15, -0.1) is 11.3 Å². The van der Waals surface area contributed by atoms with Crippen molar-refractivity contribution in [3.8, 4) is 11.3 Å². The molecule has 4 heterocycles. The first kappa shape index (κ1) is 26.3. The van der Waals surface area contributed by atoms with Gasteiger partial charge in [-0.2, -0.15) is 0 Å². The number of thiophene rings is 1. The van der Waals surface area contributed by atoms with Crippen molar-refractivity contribution in [2.75, 3.05) is 55.7 Å². The molecule has 4 aromatic rings. The lowest BCUT2D eigenvalue weighted by Gasteiger charge is -2.30. The first-order valence-electron chi connectivity index (χ1n) is 14.3. The Morgan fingerprint density at radius 3 is 2.49 bits per heavy atom. The molecule has 1 saturated carbocycles. The van der Waals surface area contributed by atoms with E-state index in [2.05, 4.69) is 34.1 Å². The minimum Gasteiger partial charge on any atom is -0.378 e. The van der Waals surface area contributed by atoms with E-state index >= 15 is 4.39 Å². The molecule has 0 radical (unpaired) electrons. The van der Waals surface area contributed by atoms with Crippen LogP contribution in [0, 0.1) is 23.6 Å². The Balaban J connectivity index is 1.01. The summed E-state index contributed by atoms with van der Waals surface area (Å²) in [5.41, 5.74) is 4.62. The summed E-state index contributed by atoms with van der Waals surface area (Å²) in [6.45, 7) is 6.15. The number of piperidine rings is 1. The number of nitrogens with zero attached hydrogens (tertiary/aromatic N) is 4. The molecule has 6 nitrogen and oxygen atoms in total. The number of carbonyl (C=O) groups is 1. The summed E-state index contributed by atoms with van der Waals surface area (Å²) < 4.78 is 20.8. The van der Waals surface area contributed by atoms with E-state index in [1.165, 1.54) is 23.0 Å². The predicted molar refractivity (Wildman–Crippen MR) is 161 cm³/mol. The molecule has 8 heteroatoms. The molecule has 2 aliphatic heterocycles. The fourth-order valence-corrected chi connectivity index (χ4v) is 7.16. The normalized spacial score (nSPS) is 22.0. The Morgan fingerprint density at radius 2 is 1.80 bits per heavy atom. The van der Waals surface area contributed by atoms with Crippen LogP contribution in [0.25, 0.3) is 11.3 Å². The maximum atomic E-state index is 15.3. The largest absolute Gasteiger partial charge is 0.378 e. The second-order valence-electron chi connectivity index (χ2n) is 11.2. The number of fused-ring (bicyclic) bond motifs is 1. The SMILES string of the molecule is O=C(c1cccs1)N(CC1C2CN(Cc3ccc(-c4ccccn4)cc3)CC21)c1ccc(N2CCOCC2)c(F)c1. The highest BCUT2D eigenvalue weighted by atomic mass is 32.1. The van der Waals surface area contributed by atoms with Gasteiger partial charge >= 0.3 is 0 Å². The molecule has 2 aromatic carbocycles. The number of hydrogen-bond donors (Lipinski definition) is 0. The van der Waals surface area contributed by atoms with Crippen molar-refractivity contribution < 1.29 is 13.9 Å². The van der Waals surface area contributed by atoms with Gasteiger partial charge in [-0.3, -0.25) is 14.7 Å². The molecule has 0 N–H and O–H groups in total. The van der Waals surface area contributed by atoms with Gasteiger partial charge in [0, 0.05) is 56.7 Å². The third kappa shape index (κ3) is 5.52. The van der Waals surface area contributed by atoms with E-state index in [9.17, 15) is 4.79 Å². The molecular weight excluding hydrogens is 535 g/mol. The molecule has 2 saturated heterocycles. The number of aromatic nitrogens is 1. The lowest BCUT2D eigenvalue weighted by atomic mass is 10.1. The Kier molecular flexibility index (Phi) is 7.29. The number of morpholine rings is 1. The van der Waals surface area contributed by atoms with Crippen LogP contribution in [0.15, 0.2) is 84.4 Å². The predicted octanol–water partition coefficient (Wildman–Crippen LogP) is 5.81. The van der Waals surface area contributed by atoms with Gasteiger partial charge in [-0.05, 0) is 65.1 Å². The minimum absolute atomic E-state index is 0.0478. The smallest absolute Gasteiger partial charge is 0.268 e. The summed E-state index contributed by atoms with van der Waals surface area (Å²) in [4.78, 5) is 25.1. The summed E-state index contributed by atoms with van der Waals surface area (Å²) in [5.74, 6) is 1.24.